The Morgan fingerprint density at radius 3 is 2.95 bits per heavy atom. The third kappa shape index (κ3) is 3.22. The first-order valence-corrected chi connectivity index (χ1v) is 6.39. The molecule has 1 aliphatic rings. The van der Waals surface area contributed by atoms with Crippen molar-refractivity contribution in [1.82, 2.24) is 0 Å². The van der Waals surface area contributed by atoms with E-state index in [1.807, 2.05) is 0 Å². The lowest BCUT2D eigenvalue weighted by molar-refractivity contribution is -0.384. The normalized spacial score (nSPS) is 18.4. The van der Waals surface area contributed by atoms with Crippen LogP contribution in [0.15, 0.2) is 12.1 Å². The van der Waals surface area contributed by atoms with Gasteiger partial charge in [-0.25, -0.2) is 9.18 Å². The molecule has 0 saturated carbocycles. The highest BCUT2D eigenvalue weighted by atomic mass is 35.5. The third-order valence-electron chi connectivity index (χ3n) is 3.09. The molecule has 1 aromatic carbocycles. The van der Waals surface area contributed by atoms with Gasteiger partial charge in [0, 0.05) is 6.54 Å². The van der Waals surface area contributed by atoms with Crippen LogP contribution < -0.4 is 4.90 Å². The van der Waals surface area contributed by atoms with E-state index in [9.17, 15) is 19.3 Å². The smallest absolute Gasteiger partial charge is 0.336 e. The van der Waals surface area contributed by atoms with E-state index in [2.05, 4.69) is 4.74 Å². The maximum absolute atomic E-state index is 13.4. The number of nitrogens with zero attached hydrogens (tertiary/aromatic N) is 2. The minimum Gasteiger partial charge on any atom is -0.467 e. The average molecular weight is 319 g/mol. The van der Waals surface area contributed by atoms with Gasteiger partial charge in [-0.1, -0.05) is 11.6 Å². The SMILES string of the molecule is COC(=O)C1CN(c2cc(Cl)c(F)cc2[N+](=O)[O-])CCO1. The van der Waals surface area contributed by atoms with E-state index >= 15 is 0 Å². The quantitative estimate of drug-likeness (QED) is 0.480. The number of benzene rings is 1. The number of hydrogen-bond donors (Lipinski definition) is 0. The van der Waals surface area contributed by atoms with Crippen LogP contribution in [-0.2, 0) is 14.3 Å². The maximum atomic E-state index is 13.4. The molecule has 1 unspecified atom stereocenters. The number of esters is 1. The lowest BCUT2D eigenvalue weighted by atomic mass is 10.2. The molecule has 2 rings (SSSR count). The summed E-state index contributed by atoms with van der Waals surface area (Å²) < 4.78 is 23.2. The summed E-state index contributed by atoms with van der Waals surface area (Å²) >= 11 is 5.69. The topological polar surface area (TPSA) is 81.9 Å². The summed E-state index contributed by atoms with van der Waals surface area (Å²) in [4.78, 5) is 23.4. The standard InChI is InChI=1S/C12H12ClFN2O5/c1-20-12(17)11-6-15(2-3-21-11)9-4-7(13)8(14)5-10(9)16(18)19/h4-5,11H,2-3,6H2,1H3. The highest BCUT2D eigenvalue weighted by molar-refractivity contribution is 6.31. The molecular formula is C12H12ClFN2O5. The maximum Gasteiger partial charge on any atom is 0.336 e. The minimum atomic E-state index is -0.870. The van der Waals surface area contributed by atoms with Crippen LogP contribution in [0.1, 0.15) is 0 Å². The van der Waals surface area contributed by atoms with Crippen molar-refractivity contribution in [1.29, 1.82) is 0 Å². The summed E-state index contributed by atoms with van der Waals surface area (Å²) in [5.41, 5.74) is -0.272. The molecule has 0 aliphatic carbocycles. The van der Waals surface area contributed by atoms with Crippen LogP contribution in [0.3, 0.4) is 0 Å². The largest absolute Gasteiger partial charge is 0.467 e. The molecule has 0 spiro atoms. The zero-order valence-electron chi connectivity index (χ0n) is 11.0. The number of morpholine rings is 1. The molecule has 1 atom stereocenters. The van der Waals surface area contributed by atoms with Gasteiger partial charge >= 0.3 is 5.97 Å². The molecule has 0 bridgehead atoms. The number of carbonyl (C=O) groups excluding carboxylic acids is 1. The van der Waals surface area contributed by atoms with E-state index < -0.39 is 28.5 Å². The first-order valence-electron chi connectivity index (χ1n) is 6.02. The lowest BCUT2D eigenvalue weighted by Crippen LogP contribution is -2.46. The number of nitro benzene ring substituents is 1. The summed E-state index contributed by atoms with van der Waals surface area (Å²) in [7, 11) is 1.22. The number of ether oxygens (including phenoxy) is 2. The highest BCUT2D eigenvalue weighted by Crippen LogP contribution is 2.34. The van der Waals surface area contributed by atoms with Crippen molar-refractivity contribution in [2.24, 2.45) is 0 Å². The lowest BCUT2D eigenvalue weighted by Gasteiger charge is -2.32. The molecule has 114 valence electrons. The average Bonchev–Trinajstić information content (AvgIpc) is 2.48. The zero-order chi connectivity index (χ0) is 15.6. The van der Waals surface area contributed by atoms with E-state index in [4.69, 9.17) is 16.3 Å². The fourth-order valence-electron chi connectivity index (χ4n) is 2.07. The Bertz CT molecular complexity index is 583. The van der Waals surface area contributed by atoms with Gasteiger partial charge in [0.2, 0.25) is 0 Å². The molecule has 0 aromatic heterocycles. The van der Waals surface area contributed by atoms with Crippen LogP contribution >= 0.6 is 11.6 Å². The van der Waals surface area contributed by atoms with E-state index in [1.54, 1.807) is 4.90 Å². The fourth-order valence-corrected chi connectivity index (χ4v) is 2.23. The molecule has 1 aromatic rings. The molecular weight excluding hydrogens is 307 g/mol. The van der Waals surface area contributed by atoms with Crippen molar-refractivity contribution in [3.63, 3.8) is 0 Å². The Balaban J connectivity index is 2.34. The van der Waals surface area contributed by atoms with Gasteiger partial charge in [0.15, 0.2) is 6.10 Å². The van der Waals surface area contributed by atoms with Gasteiger partial charge in [-0.05, 0) is 6.07 Å². The van der Waals surface area contributed by atoms with Crippen LogP contribution in [0, 0.1) is 15.9 Å². The Morgan fingerprint density at radius 2 is 2.33 bits per heavy atom. The second kappa shape index (κ2) is 6.23. The Hall–Kier alpha value is -1.93. The van der Waals surface area contributed by atoms with Crippen molar-refractivity contribution in [3.05, 3.63) is 33.1 Å². The van der Waals surface area contributed by atoms with Crippen molar-refractivity contribution < 1.29 is 23.6 Å². The summed E-state index contributed by atoms with van der Waals surface area (Å²) in [6.45, 7) is 0.567. The molecule has 1 fully saturated rings. The van der Waals surface area contributed by atoms with Crippen molar-refractivity contribution in [2.45, 2.75) is 6.10 Å². The third-order valence-corrected chi connectivity index (χ3v) is 3.38. The second-order valence-electron chi connectivity index (χ2n) is 4.34. The van der Waals surface area contributed by atoms with Gasteiger partial charge < -0.3 is 14.4 Å². The van der Waals surface area contributed by atoms with Gasteiger partial charge in [0.05, 0.1) is 36.3 Å². The number of nitro groups is 1. The van der Waals surface area contributed by atoms with Crippen LogP contribution in [0.5, 0.6) is 0 Å². The number of hydrogen-bond acceptors (Lipinski definition) is 6. The van der Waals surface area contributed by atoms with Gasteiger partial charge in [-0.2, -0.15) is 0 Å². The number of anilines is 1. The Labute approximate surface area is 124 Å². The summed E-state index contributed by atoms with van der Waals surface area (Å²) in [5, 5.41) is 10.8. The summed E-state index contributed by atoms with van der Waals surface area (Å²) in [6.07, 6.45) is -0.854. The zero-order valence-corrected chi connectivity index (χ0v) is 11.8. The predicted molar refractivity (Wildman–Crippen MR) is 72.0 cm³/mol. The first kappa shape index (κ1) is 15.5. The van der Waals surface area contributed by atoms with Crippen molar-refractivity contribution in [3.8, 4) is 0 Å². The molecule has 0 N–H and O–H groups in total. The molecule has 0 radical (unpaired) electrons. The molecule has 1 heterocycles. The predicted octanol–water partition coefficient (Wildman–Crippen LogP) is 1.77. The van der Waals surface area contributed by atoms with E-state index in [0.717, 1.165) is 6.07 Å². The van der Waals surface area contributed by atoms with E-state index in [0.29, 0.717) is 6.54 Å². The number of methoxy groups -OCH3 is 1. The van der Waals surface area contributed by atoms with Crippen LogP contribution in [0.4, 0.5) is 15.8 Å². The van der Waals surface area contributed by atoms with Crippen molar-refractivity contribution in [2.75, 3.05) is 31.7 Å². The van der Waals surface area contributed by atoms with Gasteiger partial charge in [-0.3, -0.25) is 10.1 Å². The number of rotatable bonds is 3. The molecule has 1 saturated heterocycles. The van der Waals surface area contributed by atoms with Crippen molar-refractivity contribution >= 4 is 28.9 Å². The molecule has 9 heteroatoms. The summed E-state index contributed by atoms with van der Waals surface area (Å²) in [5.74, 6) is -1.44. The van der Waals surface area contributed by atoms with Gasteiger partial charge in [0.1, 0.15) is 11.5 Å². The number of carbonyl (C=O) groups is 1. The second-order valence-corrected chi connectivity index (χ2v) is 4.75. The van der Waals surface area contributed by atoms with E-state index in [1.165, 1.54) is 13.2 Å². The van der Waals surface area contributed by atoms with Crippen LogP contribution in [-0.4, -0.2) is 43.8 Å². The molecule has 1 aliphatic heterocycles. The Morgan fingerprint density at radius 1 is 1.62 bits per heavy atom. The molecule has 21 heavy (non-hydrogen) atoms. The molecule has 7 nitrogen and oxygen atoms in total. The molecule has 0 amide bonds. The number of halogens is 2. The van der Waals surface area contributed by atoms with Crippen LogP contribution in [0.25, 0.3) is 0 Å². The minimum absolute atomic E-state index is 0.0650. The first-order chi connectivity index (χ1) is 9.93. The fraction of sp³-hybridized carbons (Fsp3) is 0.417. The van der Waals surface area contributed by atoms with Crippen LogP contribution in [0.2, 0.25) is 5.02 Å². The monoisotopic (exact) mass is 318 g/mol. The van der Waals surface area contributed by atoms with Gasteiger partial charge in [-0.15, -0.1) is 0 Å². The van der Waals surface area contributed by atoms with Gasteiger partial charge in [0.25, 0.3) is 5.69 Å². The highest BCUT2D eigenvalue weighted by Gasteiger charge is 2.31. The van der Waals surface area contributed by atoms with E-state index in [-0.39, 0.29) is 23.9 Å². The summed E-state index contributed by atoms with van der Waals surface area (Å²) in [6, 6.07) is 1.94. The Kier molecular flexibility index (Phi) is 4.59.